The summed E-state index contributed by atoms with van der Waals surface area (Å²) in [7, 11) is 0. The highest BCUT2D eigenvalue weighted by Crippen LogP contribution is 2.15. The minimum Gasteiger partial charge on any atom is -0.303 e. The van der Waals surface area contributed by atoms with Gasteiger partial charge in [-0.1, -0.05) is 128 Å². The van der Waals surface area contributed by atoms with E-state index in [2.05, 4.69) is 0 Å². The van der Waals surface area contributed by atoms with Crippen molar-refractivity contribution in [3.05, 3.63) is 0 Å². The van der Waals surface area contributed by atoms with Gasteiger partial charge < -0.3 is 9.59 Å². The van der Waals surface area contributed by atoms with Gasteiger partial charge in [0.2, 0.25) is 0 Å². The number of hydrogen-bond acceptors (Lipinski definition) is 2. The van der Waals surface area contributed by atoms with E-state index in [1.807, 2.05) is 0 Å². The average Bonchev–Trinajstić information content (AvgIpc) is 2.71. The number of aldehydes is 2. The van der Waals surface area contributed by atoms with E-state index in [1.165, 1.54) is 128 Å². The molecule has 0 aromatic carbocycles. The van der Waals surface area contributed by atoms with E-state index in [0.717, 1.165) is 38.3 Å². The van der Waals surface area contributed by atoms with Crippen molar-refractivity contribution in [3.63, 3.8) is 0 Å². The Morgan fingerprint density at radius 3 is 0.536 bits per heavy atom. The summed E-state index contributed by atoms with van der Waals surface area (Å²) in [5.41, 5.74) is 0. The van der Waals surface area contributed by atoms with Gasteiger partial charge in [-0.15, -0.1) is 0 Å². The van der Waals surface area contributed by atoms with Gasteiger partial charge in [0.25, 0.3) is 0 Å². The van der Waals surface area contributed by atoms with Crippen LogP contribution < -0.4 is 0 Å². The van der Waals surface area contributed by atoms with E-state index in [9.17, 15) is 9.59 Å². The lowest BCUT2D eigenvalue weighted by Gasteiger charge is -2.04. The third-order valence-electron chi connectivity index (χ3n) is 5.89. The Kier molecular flexibility index (Phi) is 25.7. The first-order valence-corrected chi connectivity index (χ1v) is 12.8. The molecule has 0 heterocycles. The van der Waals surface area contributed by atoms with Gasteiger partial charge in [-0.3, -0.25) is 0 Å². The van der Waals surface area contributed by atoms with Crippen molar-refractivity contribution in [2.45, 2.75) is 154 Å². The first kappa shape index (κ1) is 27.3. The molecular formula is C26H50O2. The third-order valence-corrected chi connectivity index (χ3v) is 5.89. The molecule has 0 atom stereocenters. The maximum atomic E-state index is 10.2. The van der Waals surface area contributed by atoms with Crippen LogP contribution in [0.4, 0.5) is 0 Å². The van der Waals surface area contributed by atoms with Crippen LogP contribution in [0, 0.1) is 0 Å². The topological polar surface area (TPSA) is 34.1 Å². The Morgan fingerprint density at radius 1 is 0.250 bits per heavy atom. The van der Waals surface area contributed by atoms with Crippen LogP contribution in [0.1, 0.15) is 154 Å². The van der Waals surface area contributed by atoms with Crippen LogP contribution in [0.3, 0.4) is 0 Å². The summed E-state index contributed by atoms with van der Waals surface area (Å²) >= 11 is 0. The lowest BCUT2D eigenvalue weighted by molar-refractivity contribution is -0.108. The molecule has 166 valence electrons. The minimum absolute atomic E-state index is 0.755. The normalized spacial score (nSPS) is 11.0. The minimum atomic E-state index is 0.755. The highest BCUT2D eigenvalue weighted by molar-refractivity contribution is 5.49. The van der Waals surface area contributed by atoms with E-state index in [0.29, 0.717) is 0 Å². The molecule has 0 aliphatic carbocycles. The second kappa shape index (κ2) is 26.3. The van der Waals surface area contributed by atoms with Crippen molar-refractivity contribution >= 4 is 12.6 Å². The molecule has 0 aliphatic rings. The lowest BCUT2D eigenvalue weighted by atomic mass is 10.0. The van der Waals surface area contributed by atoms with Crippen LogP contribution in [-0.4, -0.2) is 12.6 Å². The molecule has 0 saturated carbocycles. The molecule has 0 radical (unpaired) electrons. The summed E-state index contributed by atoms with van der Waals surface area (Å²) < 4.78 is 0. The van der Waals surface area contributed by atoms with Crippen LogP contribution in [0.2, 0.25) is 0 Å². The predicted molar refractivity (Wildman–Crippen MR) is 123 cm³/mol. The van der Waals surface area contributed by atoms with Gasteiger partial charge in [0, 0.05) is 12.8 Å². The monoisotopic (exact) mass is 394 g/mol. The highest BCUT2D eigenvalue weighted by atomic mass is 16.1. The Balaban J connectivity index is 2.98. The summed E-state index contributed by atoms with van der Waals surface area (Å²) in [5, 5.41) is 0. The molecule has 2 heteroatoms. The molecule has 0 saturated heterocycles. The second-order valence-electron chi connectivity index (χ2n) is 8.69. The van der Waals surface area contributed by atoms with Gasteiger partial charge in [-0.25, -0.2) is 0 Å². The zero-order valence-electron chi connectivity index (χ0n) is 18.9. The van der Waals surface area contributed by atoms with Gasteiger partial charge >= 0.3 is 0 Å². The quantitative estimate of drug-likeness (QED) is 0.114. The Bertz CT molecular complexity index is 271. The van der Waals surface area contributed by atoms with Crippen molar-refractivity contribution < 1.29 is 9.59 Å². The van der Waals surface area contributed by atoms with Crippen LogP contribution in [0.5, 0.6) is 0 Å². The average molecular weight is 395 g/mol. The Hall–Kier alpha value is -0.660. The first-order chi connectivity index (χ1) is 13.9. The molecule has 2 nitrogen and oxygen atoms in total. The van der Waals surface area contributed by atoms with E-state index < -0.39 is 0 Å². The maximum absolute atomic E-state index is 10.2. The van der Waals surface area contributed by atoms with Crippen molar-refractivity contribution in [1.29, 1.82) is 0 Å². The predicted octanol–water partition coefficient (Wildman–Crippen LogP) is 8.75. The fourth-order valence-corrected chi connectivity index (χ4v) is 3.99. The van der Waals surface area contributed by atoms with Gasteiger partial charge in [-0.2, -0.15) is 0 Å². The van der Waals surface area contributed by atoms with E-state index in [4.69, 9.17) is 0 Å². The molecule has 0 spiro atoms. The second-order valence-corrected chi connectivity index (χ2v) is 8.69. The van der Waals surface area contributed by atoms with Crippen LogP contribution >= 0.6 is 0 Å². The van der Waals surface area contributed by atoms with Gasteiger partial charge in [-0.05, 0) is 12.8 Å². The van der Waals surface area contributed by atoms with Crippen molar-refractivity contribution in [2.75, 3.05) is 0 Å². The highest BCUT2D eigenvalue weighted by Gasteiger charge is 1.96. The molecule has 0 aliphatic heterocycles. The van der Waals surface area contributed by atoms with Crippen LogP contribution in [0.25, 0.3) is 0 Å². The summed E-state index contributed by atoms with van der Waals surface area (Å²) in [5.74, 6) is 0. The molecule has 0 aromatic heterocycles. The Morgan fingerprint density at radius 2 is 0.393 bits per heavy atom. The molecule has 0 aromatic rings. The number of carbonyl (C=O) groups is 2. The lowest BCUT2D eigenvalue weighted by Crippen LogP contribution is -1.85. The van der Waals surface area contributed by atoms with Crippen molar-refractivity contribution in [3.8, 4) is 0 Å². The summed E-state index contributed by atoms with van der Waals surface area (Å²) in [6.07, 6.45) is 33.6. The Labute approximate surface area is 176 Å². The zero-order valence-corrected chi connectivity index (χ0v) is 18.9. The zero-order chi connectivity index (χ0) is 20.4. The molecule has 0 rings (SSSR count). The van der Waals surface area contributed by atoms with E-state index >= 15 is 0 Å². The number of unbranched alkanes of at least 4 members (excludes halogenated alkanes) is 23. The summed E-state index contributed by atoms with van der Waals surface area (Å²) in [4.78, 5) is 20.4. The number of rotatable bonds is 25. The summed E-state index contributed by atoms with van der Waals surface area (Å²) in [6.45, 7) is 0. The van der Waals surface area contributed by atoms with Gasteiger partial charge in [0.05, 0.1) is 0 Å². The molecular weight excluding hydrogens is 344 g/mol. The number of hydrogen-bond donors (Lipinski definition) is 0. The third kappa shape index (κ3) is 25.3. The van der Waals surface area contributed by atoms with Crippen LogP contribution in [0.15, 0.2) is 0 Å². The molecule has 0 N–H and O–H groups in total. The standard InChI is InChI=1S/C26H50O2/c27-25-23-21-19-17-15-13-11-9-7-5-3-1-2-4-6-8-10-12-14-16-18-20-22-24-26-28/h25-26H,1-24H2. The smallest absolute Gasteiger partial charge is 0.119 e. The first-order valence-electron chi connectivity index (χ1n) is 12.8. The van der Waals surface area contributed by atoms with Crippen molar-refractivity contribution in [2.24, 2.45) is 0 Å². The molecule has 0 amide bonds. The molecule has 0 unspecified atom stereocenters. The molecule has 0 bridgehead atoms. The SMILES string of the molecule is O=CCCCCCCCCCCCCCCCCCCCCCCCCC=O. The van der Waals surface area contributed by atoms with E-state index in [1.54, 1.807) is 0 Å². The fraction of sp³-hybridized carbons (Fsp3) is 0.923. The van der Waals surface area contributed by atoms with Gasteiger partial charge in [0.1, 0.15) is 12.6 Å². The molecule has 28 heavy (non-hydrogen) atoms. The van der Waals surface area contributed by atoms with E-state index in [-0.39, 0.29) is 0 Å². The number of carbonyl (C=O) groups excluding carboxylic acids is 2. The van der Waals surface area contributed by atoms with Crippen LogP contribution in [-0.2, 0) is 9.59 Å². The molecule has 0 fully saturated rings. The summed E-state index contributed by atoms with van der Waals surface area (Å²) in [6, 6.07) is 0. The fourth-order valence-electron chi connectivity index (χ4n) is 3.99. The van der Waals surface area contributed by atoms with Crippen molar-refractivity contribution in [1.82, 2.24) is 0 Å². The largest absolute Gasteiger partial charge is 0.303 e. The van der Waals surface area contributed by atoms with Gasteiger partial charge in [0.15, 0.2) is 0 Å². The maximum Gasteiger partial charge on any atom is 0.119 e.